The zero-order chi connectivity index (χ0) is 14.1. The van der Waals surface area contributed by atoms with Crippen molar-refractivity contribution >= 4 is 12.6 Å². The van der Waals surface area contributed by atoms with Crippen molar-refractivity contribution in [1.82, 2.24) is 0 Å². The summed E-state index contributed by atoms with van der Waals surface area (Å²) < 4.78 is 76.6. The lowest BCUT2D eigenvalue weighted by Gasteiger charge is -2.18. The highest BCUT2D eigenvalue weighted by atomic mass is 19.4. The summed E-state index contributed by atoms with van der Waals surface area (Å²) in [6.45, 7) is 0. The smallest absolute Gasteiger partial charge is 0.423 e. The van der Waals surface area contributed by atoms with E-state index in [1.807, 2.05) is 0 Å². The van der Waals surface area contributed by atoms with E-state index in [-0.39, 0.29) is 0 Å². The van der Waals surface area contributed by atoms with E-state index in [1.54, 1.807) is 0 Å². The molecule has 18 heavy (non-hydrogen) atoms. The third kappa shape index (κ3) is 3.54. The predicted molar refractivity (Wildman–Crippen MR) is 48.0 cm³/mol. The second kappa shape index (κ2) is 4.69. The van der Waals surface area contributed by atoms with Crippen molar-refractivity contribution in [2.24, 2.45) is 0 Å². The number of para-hydroxylation sites is 1. The van der Waals surface area contributed by atoms with Crippen LogP contribution in [0.2, 0.25) is 0 Å². The van der Waals surface area contributed by atoms with Gasteiger partial charge >= 0.3 is 19.7 Å². The third-order valence-electron chi connectivity index (χ3n) is 1.85. The van der Waals surface area contributed by atoms with Crippen molar-refractivity contribution in [1.29, 1.82) is 0 Å². The van der Waals surface area contributed by atoms with Crippen molar-refractivity contribution < 1.29 is 41.1 Å². The summed E-state index contributed by atoms with van der Waals surface area (Å²) in [5.74, 6) is -1.67. The van der Waals surface area contributed by atoms with Crippen LogP contribution in [0, 0.1) is 0 Å². The molecule has 2 N–H and O–H groups in total. The Balaban J connectivity index is 3.40. The lowest BCUT2D eigenvalue weighted by atomic mass is 9.78. The first-order valence-electron chi connectivity index (χ1n) is 4.34. The third-order valence-corrected chi connectivity index (χ3v) is 1.85. The van der Waals surface area contributed by atoms with Gasteiger partial charge in [0, 0.05) is 5.46 Å². The van der Waals surface area contributed by atoms with Crippen LogP contribution >= 0.6 is 0 Å². The van der Waals surface area contributed by atoms with Crippen LogP contribution < -0.4 is 10.2 Å². The molecule has 0 bridgehead atoms. The summed E-state index contributed by atoms with van der Waals surface area (Å²) in [6, 6.07) is 1.76. The number of halogens is 6. The van der Waals surface area contributed by atoms with E-state index in [9.17, 15) is 26.3 Å². The van der Waals surface area contributed by atoms with E-state index >= 15 is 0 Å². The second-order valence-corrected chi connectivity index (χ2v) is 3.14. The quantitative estimate of drug-likeness (QED) is 0.631. The molecular formula is C8H5BF6O3. The summed E-state index contributed by atoms with van der Waals surface area (Å²) in [5.41, 5.74) is -2.77. The summed E-state index contributed by atoms with van der Waals surface area (Å²) in [4.78, 5) is 0. The lowest BCUT2D eigenvalue weighted by Crippen LogP contribution is -2.35. The maximum absolute atomic E-state index is 12.5. The van der Waals surface area contributed by atoms with Gasteiger partial charge in [0.15, 0.2) is 0 Å². The minimum Gasteiger partial charge on any atom is -0.423 e. The fraction of sp³-hybridized carbons (Fsp3) is 0.250. The SMILES string of the molecule is OB(O)c1cccc(C(F)(F)F)c1OC(F)(F)F. The number of alkyl halides is 6. The first kappa shape index (κ1) is 14.6. The van der Waals surface area contributed by atoms with Gasteiger partial charge in [0.25, 0.3) is 0 Å². The van der Waals surface area contributed by atoms with E-state index in [0.717, 1.165) is 6.07 Å². The summed E-state index contributed by atoms with van der Waals surface area (Å²) in [6.07, 6.45) is -10.5. The molecule has 0 aliphatic rings. The molecule has 0 radical (unpaired) electrons. The van der Waals surface area contributed by atoms with Gasteiger partial charge in [-0.1, -0.05) is 12.1 Å². The Kier molecular flexibility index (Phi) is 3.82. The average Bonchev–Trinajstić information content (AvgIpc) is 2.13. The van der Waals surface area contributed by atoms with E-state index in [1.165, 1.54) is 0 Å². The first-order chi connectivity index (χ1) is 8.02. The molecule has 0 heterocycles. The van der Waals surface area contributed by atoms with Crippen molar-refractivity contribution in [3.05, 3.63) is 23.8 Å². The molecule has 0 saturated heterocycles. The summed E-state index contributed by atoms with van der Waals surface area (Å²) in [7, 11) is -2.52. The maximum atomic E-state index is 12.5. The van der Waals surface area contributed by atoms with Crippen molar-refractivity contribution in [3.8, 4) is 5.75 Å². The van der Waals surface area contributed by atoms with Crippen molar-refractivity contribution in [2.45, 2.75) is 12.5 Å². The highest BCUT2D eigenvalue weighted by Gasteiger charge is 2.41. The monoisotopic (exact) mass is 274 g/mol. The van der Waals surface area contributed by atoms with Gasteiger partial charge in [-0.25, -0.2) is 0 Å². The van der Waals surface area contributed by atoms with Crippen molar-refractivity contribution in [3.63, 3.8) is 0 Å². The fourth-order valence-electron chi connectivity index (χ4n) is 1.21. The zero-order valence-corrected chi connectivity index (χ0v) is 8.38. The molecule has 0 spiro atoms. The molecule has 0 fully saturated rings. The Morgan fingerprint density at radius 3 is 1.94 bits per heavy atom. The van der Waals surface area contributed by atoms with Gasteiger partial charge in [-0.15, -0.1) is 13.2 Å². The molecule has 0 atom stereocenters. The fourth-order valence-corrected chi connectivity index (χ4v) is 1.21. The molecular weight excluding hydrogens is 269 g/mol. The van der Waals surface area contributed by atoms with Gasteiger partial charge in [0.05, 0.1) is 5.56 Å². The van der Waals surface area contributed by atoms with E-state index in [0.29, 0.717) is 12.1 Å². The Bertz CT molecular complexity index is 428. The normalized spacial score (nSPS) is 12.4. The Labute approximate surface area is 96.7 Å². The molecule has 0 aromatic heterocycles. The van der Waals surface area contributed by atoms with Crippen LogP contribution in [0.25, 0.3) is 0 Å². The number of hydrogen-bond acceptors (Lipinski definition) is 3. The van der Waals surface area contributed by atoms with E-state index in [4.69, 9.17) is 10.0 Å². The molecule has 0 aliphatic heterocycles. The molecule has 0 saturated carbocycles. The van der Waals surface area contributed by atoms with Crippen LogP contribution in [0.4, 0.5) is 26.3 Å². The van der Waals surface area contributed by atoms with Crippen LogP contribution in [0.3, 0.4) is 0 Å². The number of rotatable bonds is 2. The topological polar surface area (TPSA) is 49.7 Å². The van der Waals surface area contributed by atoms with Gasteiger partial charge in [0.2, 0.25) is 0 Å². The van der Waals surface area contributed by atoms with Crippen LogP contribution in [0.15, 0.2) is 18.2 Å². The molecule has 3 nitrogen and oxygen atoms in total. The second-order valence-electron chi connectivity index (χ2n) is 3.14. The molecule has 0 amide bonds. The Hall–Kier alpha value is -1.42. The predicted octanol–water partition coefficient (Wildman–Crippen LogP) is 1.28. The standard InChI is InChI=1S/C8H5BF6O3/c10-7(11,12)4-2-1-3-5(9(16)17)6(4)18-8(13,14)15/h1-3,16-17H. The van der Waals surface area contributed by atoms with Gasteiger partial charge < -0.3 is 14.8 Å². The number of hydrogen-bond donors (Lipinski definition) is 2. The zero-order valence-electron chi connectivity index (χ0n) is 8.38. The molecule has 1 aromatic rings. The van der Waals surface area contributed by atoms with Gasteiger partial charge in [-0.3, -0.25) is 0 Å². The minimum atomic E-state index is -5.38. The lowest BCUT2D eigenvalue weighted by molar-refractivity contribution is -0.275. The maximum Gasteiger partial charge on any atom is 0.573 e. The van der Waals surface area contributed by atoms with Gasteiger partial charge in [-0.2, -0.15) is 13.2 Å². The minimum absolute atomic E-state index is 0.340. The molecule has 0 unspecified atom stereocenters. The van der Waals surface area contributed by atoms with E-state index < -0.39 is 36.4 Å². The van der Waals surface area contributed by atoms with Crippen molar-refractivity contribution in [2.75, 3.05) is 0 Å². The highest BCUT2D eigenvalue weighted by Crippen LogP contribution is 2.37. The molecule has 100 valence electrons. The van der Waals surface area contributed by atoms with Crippen LogP contribution in [-0.4, -0.2) is 23.5 Å². The first-order valence-corrected chi connectivity index (χ1v) is 4.34. The van der Waals surface area contributed by atoms with Gasteiger partial charge in [-0.05, 0) is 6.07 Å². The number of benzene rings is 1. The molecule has 1 rings (SSSR count). The van der Waals surface area contributed by atoms with Gasteiger partial charge in [0.1, 0.15) is 5.75 Å². The molecule has 1 aromatic carbocycles. The summed E-state index contributed by atoms with van der Waals surface area (Å²) >= 11 is 0. The average molecular weight is 274 g/mol. The summed E-state index contributed by atoms with van der Waals surface area (Å²) in [5, 5.41) is 17.5. The molecule has 10 heteroatoms. The largest absolute Gasteiger partial charge is 0.573 e. The Morgan fingerprint density at radius 2 is 1.56 bits per heavy atom. The molecule has 0 aliphatic carbocycles. The Morgan fingerprint density at radius 1 is 1.00 bits per heavy atom. The number of ether oxygens (including phenoxy) is 1. The van der Waals surface area contributed by atoms with Crippen LogP contribution in [0.1, 0.15) is 5.56 Å². The van der Waals surface area contributed by atoms with Crippen LogP contribution in [0.5, 0.6) is 5.75 Å². The highest BCUT2D eigenvalue weighted by molar-refractivity contribution is 6.59. The van der Waals surface area contributed by atoms with E-state index in [2.05, 4.69) is 4.74 Å². The van der Waals surface area contributed by atoms with Crippen LogP contribution in [-0.2, 0) is 6.18 Å².